The molecule has 0 radical (unpaired) electrons. The lowest BCUT2D eigenvalue weighted by Crippen LogP contribution is -2.56. The number of aromatic nitrogens is 5. The van der Waals surface area contributed by atoms with Crippen LogP contribution in [-0.4, -0.2) is 49.4 Å². The SMILES string of the molecule is NC1CN(c2cncc(-c3ccc4[nH]nc(-c5cc6c(-c7cc(O)cc(F)c7)cccc6[nH]5)c4c3)n2)C1. The normalized spacial score (nSPS) is 13.9. The second-order valence-electron chi connectivity index (χ2n) is 9.41. The van der Waals surface area contributed by atoms with Crippen molar-refractivity contribution in [1.29, 1.82) is 0 Å². The monoisotopic (exact) mass is 491 g/mol. The van der Waals surface area contributed by atoms with Crippen molar-refractivity contribution in [1.82, 2.24) is 25.1 Å². The van der Waals surface area contributed by atoms with Crippen molar-refractivity contribution in [2.45, 2.75) is 6.04 Å². The van der Waals surface area contributed by atoms with Crippen LogP contribution in [0.5, 0.6) is 5.75 Å². The van der Waals surface area contributed by atoms with E-state index in [0.717, 1.165) is 75.0 Å². The van der Waals surface area contributed by atoms with Crippen LogP contribution in [0.3, 0.4) is 0 Å². The second-order valence-corrected chi connectivity index (χ2v) is 9.41. The Morgan fingerprint density at radius 2 is 1.84 bits per heavy atom. The predicted octanol–water partition coefficient (Wildman–Crippen LogP) is 4.83. The number of aromatic amines is 2. The molecule has 1 aliphatic rings. The van der Waals surface area contributed by atoms with Gasteiger partial charge >= 0.3 is 0 Å². The Kier molecular flexibility index (Phi) is 4.73. The van der Waals surface area contributed by atoms with Crippen molar-refractivity contribution in [2.24, 2.45) is 5.73 Å². The highest BCUT2D eigenvalue weighted by Gasteiger charge is 2.24. The fraction of sp³-hybridized carbons (Fsp3) is 0.107. The fourth-order valence-corrected chi connectivity index (χ4v) is 4.99. The van der Waals surface area contributed by atoms with Gasteiger partial charge in [0.25, 0.3) is 0 Å². The summed E-state index contributed by atoms with van der Waals surface area (Å²) in [4.78, 5) is 14.8. The molecule has 0 spiro atoms. The Morgan fingerprint density at radius 3 is 2.68 bits per heavy atom. The summed E-state index contributed by atoms with van der Waals surface area (Å²) >= 11 is 0. The number of aromatic hydroxyl groups is 1. The lowest BCUT2D eigenvalue weighted by Gasteiger charge is -2.37. The number of phenols is 1. The van der Waals surface area contributed by atoms with Crippen LogP contribution in [0.2, 0.25) is 0 Å². The summed E-state index contributed by atoms with van der Waals surface area (Å²) in [6.45, 7) is 1.56. The van der Waals surface area contributed by atoms with Gasteiger partial charge in [0, 0.05) is 47.1 Å². The van der Waals surface area contributed by atoms with Gasteiger partial charge in [-0.2, -0.15) is 5.10 Å². The van der Waals surface area contributed by atoms with E-state index in [4.69, 9.17) is 10.7 Å². The summed E-state index contributed by atoms with van der Waals surface area (Å²) in [5.41, 5.74) is 12.4. The first-order valence-corrected chi connectivity index (χ1v) is 11.9. The van der Waals surface area contributed by atoms with Crippen molar-refractivity contribution >= 4 is 27.6 Å². The average Bonchev–Trinajstić information content (AvgIpc) is 3.49. The number of phenolic OH excluding ortho intramolecular Hbond substituents is 1. The Balaban J connectivity index is 1.31. The van der Waals surface area contributed by atoms with Gasteiger partial charge in [0.2, 0.25) is 0 Å². The molecule has 4 heterocycles. The van der Waals surface area contributed by atoms with Gasteiger partial charge in [0.1, 0.15) is 23.1 Å². The first kappa shape index (κ1) is 21.5. The number of H-pyrrole nitrogens is 2. The van der Waals surface area contributed by atoms with E-state index in [0.29, 0.717) is 5.56 Å². The van der Waals surface area contributed by atoms with Gasteiger partial charge in [0.05, 0.1) is 29.3 Å². The number of rotatable bonds is 4. The molecule has 1 fully saturated rings. The van der Waals surface area contributed by atoms with E-state index in [9.17, 15) is 9.50 Å². The number of hydrogen-bond acceptors (Lipinski definition) is 6. The summed E-state index contributed by atoms with van der Waals surface area (Å²) in [5, 5.41) is 19.5. The van der Waals surface area contributed by atoms with E-state index >= 15 is 0 Å². The molecule has 0 bridgehead atoms. The van der Waals surface area contributed by atoms with E-state index in [1.54, 1.807) is 18.5 Å². The van der Waals surface area contributed by atoms with E-state index in [-0.39, 0.29) is 11.8 Å². The van der Waals surface area contributed by atoms with Crippen LogP contribution in [0.4, 0.5) is 10.2 Å². The van der Waals surface area contributed by atoms with E-state index in [1.165, 1.54) is 6.07 Å². The van der Waals surface area contributed by atoms with Crippen molar-refractivity contribution in [3.8, 4) is 39.5 Å². The number of hydrogen-bond donors (Lipinski definition) is 4. The third kappa shape index (κ3) is 3.68. The molecular formula is C28H22FN7O. The van der Waals surface area contributed by atoms with Crippen LogP contribution in [0.15, 0.2) is 73.1 Å². The van der Waals surface area contributed by atoms with Gasteiger partial charge < -0.3 is 20.7 Å². The van der Waals surface area contributed by atoms with Gasteiger partial charge in [-0.25, -0.2) is 9.37 Å². The quantitative estimate of drug-likeness (QED) is 0.281. The zero-order valence-corrected chi connectivity index (χ0v) is 19.6. The Bertz CT molecular complexity index is 1780. The number of halogens is 1. The first-order valence-electron chi connectivity index (χ1n) is 11.9. The van der Waals surface area contributed by atoms with Crippen molar-refractivity contribution < 1.29 is 9.50 Å². The smallest absolute Gasteiger partial charge is 0.147 e. The lowest BCUT2D eigenvalue weighted by atomic mass is 10.0. The molecule has 37 heavy (non-hydrogen) atoms. The standard InChI is InChI=1S/C28H22FN7O/c29-17-6-16(7-19(37)9-17)20-2-1-3-23-21(20)10-25(32-23)28-22-8-15(4-5-24(22)34-35-28)26-11-31-12-27(33-26)36-13-18(30)14-36/h1-12,18,32,37H,13-14,30H2,(H,34,35). The maximum atomic E-state index is 14.0. The molecular weight excluding hydrogens is 469 g/mol. The summed E-state index contributed by atoms with van der Waals surface area (Å²) in [6, 6.07) is 18.1. The minimum Gasteiger partial charge on any atom is -0.508 e. The van der Waals surface area contributed by atoms with Crippen LogP contribution >= 0.6 is 0 Å². The highest BCUT2D eigenvalue weighted by atomic mass is 19.1. The van der Waals surface area contributed by atoms with E-state index in [1.807, 2.05) is 36.4 Å². The third-order valence-corrected chi connectivity index (χ3v) is 6.83. The van der Waals surface area contributed by atoms with Crippen molar-refractivity contribution in [3.05, 3.63) is 78.9 Å². The Hall–Kier alpha value is -4.76. The lowest BCUT2D eigenvalue weighted by molar-refractivity contribution is 0.469. The predicted molar refractivity (Wildman–Crippen MR) is 142 cm³/mol. The molecule has 3 aromatic carbocycles. The molecule has 9 heteroatoms. The van der Waals surface area contributed by atoms with Crippen LogP contribution in [0.25, 0.3) is 55.6 Å². The van der Waals surface area contributed by atoms with Gasteiger partial charge in [-0.05, 0) is 47.5 Å². The van der Waals surface area contributed by atoms with Gasteiger partial charge in [0.15, 0.2) is 0 Å². The largest absolute Gasteiger partial charge is 0.508 e. The van der Waals surface area contributed by atoms with Crippen molar-refractivity contribution in [2.75, 3.05) is 18.0 Å². The first-order chi connectivity index (χ1) is 18.0. The molecule has 0 aliphatic carbocycles. The summed E-state index contributed by atoms with van der Waals surface area (Å²) in [6.07, 6.45) is 3.52. The second kappa shape index (κ2) is 8.14. The number of fused-ring (bicyclic) bond motifs is 2. The van der Waals surface area contributed by atoms with Crippen LogP contribution in [-0.2, 0) is 0 Å². The molecule has 5 N–H and O–H groups in total. The molecule has 1 aliphatic heterocycles. The number of nitrogens with two attached hydrogens (primary N) is 1. The summed E-state index contributed by atoms with van der Waals surface area (Å²) in [7, 11) is 0. The molecule has 8 nitrogen and oxygen atoms in total. The summed E-state index contributed by atoms with van der Waals surface area (Å²) < 4.78 is 14.0. The zero-order chi connectivity index (χ0) is 25.1. The molecule has 6 aromatic rings. The van der Waals surface area contributed by atoms with Crippen molar-refractivity contribution in [3.63, 3.8) is 0 Å². The third-order valence-electron chi connectivity index (χ3n) is 6.83. The molecule has 3 aromatic heterocycles. The number of benzene rings is 3. The fourth-order valence-electron chi connectivity index (χ4n) is 4.99. The van der Waals surface area contributed by atoms with Crippen LogP contribution in [0, 0.1) is 5.82 Å². The molecule has 182 valence electrons. The van der Waals surface area contributed by atoms with Gasteiger partial charge in [-0.3, -0.25) is 10.1 Å². The minimum absolute atomic E-state index is 0.113. The van der Waals surface area contributed by atoms with E-state index < -0.39 is 5.82 Å². The Labute approximate surface area is 210 Å². The molecule has 7 rings (SSSR count). The summed E-state index contributed by atoms with van der Waals surface area (Å²) in [5.74, 6) is 0.216. The zero-order valence-electron chi connectivity index (χ0n) is 19.6. The molecule has 1 saturated heterocycles. The maximum absolute atomic E-state index is 14.0. The van der Waals surface area contributed by atoms with Gasteiger partial charge in [-0.1, -0.05) is 18.2 Å². The highest BCUT2D eigenvalue weighted by Crippen LogP contribution is 2.36. The van der Waals surface area contributed by atoms with Crippen LogP contribution in [0.1, 0.15) is 0 Å². The molecule has 0 unspecified atom stereocenters. The topological polar surface area (TPSA) is 120 Å². The molecule has 0 saturated carbocycles. The minimum atomic E-state index is -0.488. The van der Waals surface area contributed by atoms with Gasteiger partial charge in [-0.15, -0.1) is 0 Å². The number of anilines is 1. The average molecular weight is 492 g/mol. The number of nitrogens with one attached hydrogen (secondary N) is 2. The van der Waals surface area contributed by atoms with E-state index in [2.05, 4.69) is 31.1 Å². The molecule has 0 amide bonds. The number of nitrogens with zero attached hydrogens (tertiary/aromatic N) is 4. The molecule has 0 atom stereocenters. The maximum Gasteiger partial charge on any atom is 0.147 e. The van der Waals surface area contributed by atoms with Crippen LogP contribution < -0.4 is 10.6 Å². The Morgan fingerprint density at radius 1 is 0.946 bits per heavy atom. The highest BCUT2D eigenvalue weighted by molar-refractivity contribution is 6.01.